The number of hydrogen-bond donors (Lipinski definition) is 3. The second-order valence-corrected chi connectivity index (χ2v) is 3.24. The van der Waals surface area contributed by atoms with E-state index in [1.807, 2.05) is 0 Å². The number of aromatic nitrogens is 3. The van der Waals surface area contributed by atoms with Crippen molar-refractivity contribution in [1.82, 2.24) is 20.3 Å². The van der Waals surface area contributed by atoms with Crippen LogP contribution in [0.25, 0.3) is 0 Å². The number of aliphatic carboxylic acids is 1. The molecule has 1 heterocycles. The second-order valence-electron chi connectivity index (χ2n) is 3.24. The molecule has 1 rings (SSSR count). The van der Waals surface area contributed by atoms with Crippen molar-refractivity contribution in [3.63, 3.8) is 0 Å². The monoisotopic (exact) mass is 227 g/mol. The van der Waals surface area contributed by atoms with Gasteiger partial charge in [-0.05, 0) is 6.92 Å². The SMILES string of the molecule is CC(NC(=O)Cn1cc(CN)nn1)C(=O)O. The zero-order valence-corrected chi connectivity index (χ0v) is 8.75. The molecule has 1 aromatic rings. The van der Waals surface area contributed by atoms with Crippen LogP contribution in [0.15, 0.2) is 6.20 Å². The number of carboxylic acids is 1. The fraction of sp³-hybridized carbons (Fsp3) is 0.500. The minimum atomic E-state index is -1.09. The molecular weight excluding hydrogens is 214 g/mol. The summed E-state index contributed by atoms with van der Waals surface area (Å²) in [5.74, 6) is -1.53. The van der Waals surface area contributed by atoms with Crippen LogP contribution in [0.1, 0.15) is 12.6 Å². The second kappa shape index (κ2) is 5.21. The number of rotatable bonds is 5. The van der Waals surface area contributed by atoms with Gasteiger partial charge in [0.05, 0.1) is 11.9 Å². The predicted octanol–water partition coefficient (Wildman–Crippen LogP) is -1.67. The molecule has 0 aliphatic carbocycles. The molecule has 0 spiro atoms. The summed E-state index contributed by atoms with van der Waals surface area (Å²) in [5, 5.41) is 18.2. The number of nitrogens with two attached hydrogens (primary N) is 1. The van der Waals surface area contributed by atoms with Crippen molar-refractivity contribution in [1.29, 1.82) is 0 Å². The summed E-state index contributed by atoms with van der Waals surface area (Å²) in [6.45, 7) is 1.55. The molecule has 0 radical (unpaired) electrons. The first-order valence-corrected chi connectivity index (χ1v) is 4.64. The molecule has 8 nitrogen and oxygen atoms in total. The van der Waals surface area contributed by atoms with Crippen molar-refractivity contribution in [2.45, 2.75) is 26.1 Å². The minimum absolute atomic E-state index is 0.0788. The van der Waals surface area contributed by atoms with Gasteiger partial charge in [-0.25, -0.2) is 4.68 Å². The number of nitrogens with zero attached hydrogens (tertiary/aromatic N) is 3. The summed E-state index contributed by atoms with van der Waals surface area (Å²) in [6, 6.07) is -0.926. The van der Waals surface area contributed by atoms with Gasteiger partial charge in [0.15, 0.2) is 0 Å². The fourth-order valence-corrected chi connectivity index (χ4v) is 1.01. The summed E-state index contributed by atoms with van der Waals surface area (Å²) in [6.07, 6.45) is 1.53. The van der Waals surface area contributed by atoms with E-state index in [2.05, 4.69) is 15.6 Å². The van der Waals surface area contributed by atoms with Gasteiger partial charge in [0.1, 0.15) is 12.6 Å². The molecule has 0 saturated carbocycles. The quantitative estimate of drug-likeness (QED) is 0.552. The van der Waals surface area contributed by atoms with Crippen molar-refractivity contribution >= 4 is 11.9 Å². The predicted molar refractivity (Wildman–Crippen MR) is 53.2 cm³/mol. The van der Waals surface area contributed by atoms with E-state index in [9.17, 15) is 9.59 Å². The van der Waals surface area contributed by atoms with Crippen molar-refractivity contribution in [2.75, 3.05) is 0 Å². The lowest BCUT2D eigenvalue weighted by molar-refractivity contribution is -0.141. The Morgan fingerprint density at radius 1 is 1.69 bits per heavy atom. The van der Waals surface area contributed by atoms with E-state index in [1.54, 1.807) is 0 Å². The lowest BCUT2D eigenvalue weighted by Crippen LogP contribution is -2.40. The molecule has 0 aromatic carbocycles. The van der Waals surface area contributed by atoms with Gasteiger partial charge < -0.3 is 16.2 Å². The van der Waals surface area contributed by atoms with Crippen LogP contribution in [0.5, 0.6) is 0 Å². The third-order valence-corrected chi connectivity index (χ3v) is 1.85. The van der Waals surface area contributed by atoms with Gasteiger partial charge in [-0.3, -0.25) is 9.59 Å². The summed E-state index contributed by atoms with van der Waals surface area (Å²) in [7, 11) is 0. The van der Waals surface area contributed by atoms with Crippen molar-refractivity contribution in [3.8, 4) is 0 Å². The van der Waals surface area contributed by atoms with E-state index in [-0.39, 0.29) is 13.1 Å². The van der Waals surface area contributed by atoms with Gasteiger partial charge in [0, 0.05) is 6.54 Å². The summed E-state index contributed by atoms with van der Waals surface area (Å²) in [5.41, 5.74) is 5.89. The number of carbonyl (C=O) groups excluding carboxylic acids is 1. The standard InChI is InChI=1S/C8H13N5O3/c1-5(8(15)16)10-7(14)4-13-3-6(2-9)11-12-13/h3,5H,2,4,9H2,1H3,(H,10,14)(H,15,16). The molecule has 88 valence electrons. The molecule has 0 aliphatic heterocycles. The molecule has 16 heavy (non-hydrogen) atoms. The summed E-state index contributed by atoms with van der Waals surface area (Å²) < 4.78 is 1.30. The van der Waals surface area contributed by atoms with E-state index >= 15 is 0 Å². The molecule has 1 unspecified atom stereocenters. The molecule has 4 N–H and O–H groups in total. The van der Waals surface area contributed by atoms with E-state index in [0.717, 1.165) is 0 Å². The number of carboxylic acid groups (broad SMARTS) is 1. The van der Waals surface area contributed by atoms with E-state index < -0.39 is 17.9 Å². The Morgan fingerprint density at radius 3 is 2.88 bits per heavy atom. The minimum Gasteiger partial charge on any atom is -0.480 e. The molecule has 1 aromatic heterocycles. The smallest absolute Gasteiger partial charge is 0.325 e. The Labute approximate surface area is 91.4 Å². The first-order valence-electron chi connectivity index (χ1n) is 4.64. The highest BCUT2D eigenvalue weighted by atomic mass is 16.4. The maximum absolute atomic E-state index is 11.3. The Morgan fingerprint density at radius 2 is 2.38 bits per heavy atom. The number of amides is 1. The van der Waals surface area contributed by atoms with Crippen LogP contribution in [0.2, 0.25) is 0 Å². The van der Waals surface area contributed by atoms with Gasteiger partial charge in [0.25, 0.3) is 0 Å². The highest BCUT2D eigenvalue weighted by Crippen LogP contribution is 1.91. The van der Waals surface area contributed by atoms with Crippen molar-refractivity contribution < 1.29 is 14.7 Å². The topological polar surface area (TPSA) is 123 Å². The van der Waals surface area contributed by atoms with E-state index in [1.165, 1.54) is 17.8 Å². The summed E-state index contributed by atoms with van der Waals surface area (Å²) >= 11 is 0. The molecule has 0 aliphatic rings. The molecule has 0 bridgehead atoms. The maximum atomic E-state index is 11.3. The molecule has 1 amide bonds. The largest absolute Gasteiger partial charge is 0.480 e. The highest BCUT2D eigenvalue weighted by Gasteiger charge is 2.14. The van der Waals surface area contributed by atoms with Crippen molar-refractivity contribution in [3.05, 3.63) is 11.9 Å². The molecule has 0 fully saturated rings. The van der Waals surface area contributed by atoms with Gasteiger partial charge in [-0.1, -0.05) is 5.21 Å². The van der Waals surface area contributed by atoms with Crippen LogP contribution in [0.4, 0.5) is 0 Å². The lowest BCUT2D eigenvalue weighted by atomic mass is 10.3. The van der Waals surface area contributed by atoms with Crippen LogP contribution in [-0.4, -0.2) is 38.0 Å². The molecule has 0 saturated heterocycles. The Kier molecular flexibility index (Phi) is 3.95. The number of nitrogens with one attached hydrogen (secondary N) is 1. The third kappa shape index (κ3) is 3.31. The average molecular weight is 227 g/mol. The van der Waals surface area contributed by atoms with Gasteiger partial charge in [0.2, 0.25) is 5.91 Å². The molecular formula is C8H13N5O3. The van der Waals surface area contributed by atoms with E-state index in [0.29, 0.717) is 5.69 Å². The zero-order chi connectivity index (χ0) is 12.1. The average Bonchev–Trinajstić information content (AvgIpc) is 2.65. The molecule has 8 heteroatoms. The van der Waals surface area contributed by atoms with Crippen LogP contribution in [0.3, 0.4) is 0 Å². The van der Waals surface area contributed by atoms with Crippen LogP contribution >= 0.6 is 0 Å². The Bertz CT molecular complexity index is 389. The Hall–Kier alpha value is -1.96. The van der Waals surface area contributed by atoms with Crippen LogP contribution in [-0.2, 0) is 22.7 Å². The number of carbonyl (C=O) groups is 2. The maximum Gasteiger partial charge on any atom is 0.325 e. The molecule has 1 atom stereocenters. The lowest BCUT2D eigenvalue weighted by Gasteiger charge is -2.08. The third-order valence-electron chi connectivity index (χ3n) is 1.85. The van der Waals surface area contributed by atoms with Gasteiger partial charge >= 0.3 is 5.97 Å². The fourth-order valence-electron chi connectivity index (χ4n) is 1.01. The highest BCUT2D eigenvalue weighted by molar-refractivity contribution is 5.82. The first-order chi connectivity index (χ1) is 7.52. The first kappa shape index (κ1) is 12.1. The zero-order valence-electron chi connectivity index (χ0n) is 8.75. The van der Waals surface area contributed by atoms with Gasteiger partial charge in [-0.2, -0.15) is 0 Å². The Balaban J connectivity index is 2.48. The normalized spacial score (nSPS) is 12.1. The van der Waals surface area contributed by atoms with Crippen molar-refractivity contribution in [2.24, 2.45) is 5.73 Å². The van der Waals surface area contributed by atoms with Gasteiger partial charge in [-0.15, -0.1) is 5.10 Å². The number of hydrogen-bond acceptors (Lipinski definition) is 5. The van der Waals surface area contributed by atoms with Crippen LogP contribution < -0.4 is 11.1 Å². The van der Waals surface area contributed by atoms with Crippen LogP contribution in [0, 0.1) is 0 Å². The van der Waals surface area contributed by atoms with E-state index in [4.69, 9.17) is 10.8 Å². The summed E-state index contributed by atoms with van der Waals surface area (Å²) in [4.78, 5) is 21.8.